The predicted molar refractivity (Wildman–Crippen MR) is 374 cm³/mol. The monoisotopic (exact) mass is 1340 g/mol. The molecule has 1 aliphatic carbocycles. The van der Waals surface area contributed by atoms with Crippen LogP contribution in [0.1, 0.15) is 153 Å². The van der Waals surface area contributed by atoms with Crippen molar-refractivity contribution >= 4 is 29.2 Å². The number of allylic oxidation sites excluding steroid dienone is 6. The van der Waals surface area contributed by atoms with Gasteiger partial charge < -0.3 is 84.3 Å². The van der Waals surface area contributed by atoms with Crippen LogP contribution in [0.15, 0.2) is 47.6 Å². The van der Waals surface area contributed by atoms with Crippen LogP contribution in [0, 0.1) is 35.5 Å². The van der Waals surface area contributed by atoms with Gasteiger partial charge in [-0.2, -0.15) is 0 Å². The summed E-state index contributed by atoms with van der Waals surface area (Å²) in [5.41, 5.74) is 1.29. The molecule has 3 aliphatic heterocycles. The van der Waals surface area contributed by atoms with Crippen LogP contribution in [-0.2, 0) is 66.6 Å². The number of amides is 1. The minimum Gasteiger partial charge on any atom is -0.460 e. The first-order chi connectivity index (χ1) is 44.8. The molecule has 0 aromatic heterocycles. The molecule has 22 nitrogen and oxygen atoms in total. The van der Waals surface area contributed by atoms with Gasteiger partial charge in [-0.15, -0.1) is 0 Å². The van der Waals surface area contributed by atoms with Crippen LogP contribution in [0.4, 0.5) is 0 Å². The fraction of sp³-hybridized carbons (Fsp3) is 0.819. The van der Waals surface area contributed by atoms with E-state index in [0.29, 0.717) is 69.8 Å². The average molecular weight is 1340 g/mol. The highest BCUT2D eigenvalue weighted by Crippen LogP contribution is 2.38. The number of esters is 1. The van der Waals surface area contributed by atoms with Gasteiger partial charge in [0.2, 0.25) is 5.79 Å². The Labute approximate surface area is 568 Å². The number of carbonyl (C=O) groups excluding carboxylic acids is 5. The number of aliphatic hydroxyl groups is 2. The fourth-order valence-electron chi connectivity index (χ4n) is 11.9. The standard InChI is InChI=1S/C53H84N2O12.C6H15NO2.C5H13NO.C4H11NO.C4H11N/c1-12-54-41-24-22-39(29-46(41)64-10)28-35(5)45-31-43(56)34(4)27-37(7)48(58)49(65-11)47(57)36(6)26-32(2)18-14-13-15-19-33(3)44(63-9)30-40-23-21-38(8)53(62,67-40)50(59)51(60)55-25-17-16-20-42(55)52(61)66-45;1-7-3-4-9-6-5-8-2;1-5(7-3)4-6-2;1-5-3-4-6-2;1-3-4-5-2/h13-15,18-19,27,32,34-36,38-42,44-46,48-49,54,58,62H,12,16-17,20-26,28-31H2,1-11H3;7H,3-6H2,1-2H3;5-6H,4H2,1-3H3;5H,3-4H2,1-2H3;5H,3-4H2,1-2H3/b15-13+,18-14+,33-19+,37-27+;;;;/t32-,34-,35-,36-,38-,39+,40+,41-,42+,44+,45?,46-,48-,49+,53-;;;;/m1..../s1. The van der Waals surface area contributed by atoms with Crippen LogP contribution < -0.4 is 26.6 Å². The Morgan fingerprint density at radius 2 is 1.40 bits per heavy atom. The molecule has 3 fully saturated rings. The lowest BCUT2D eigenvalue weighted by Crippen LogP contribution is -2.61. The van der Waals surface area contributed by atoms with Gasteiger partial charge in [0.05, 0.1) is 50.8 Å². The number of likely N-dealkylation sites (N-methyl/N-ethyl adjacent to an activating group) is 4. The quantitative estimate of drug-likeness (QED) is 0.0241. The van der Waals surface area contributed by atoms with Crippen LogP contribution in [0.25, 0.3) is 0 Å². The number of hydrogen-bond donors (Lipinski definition) is 7. The van der Waals surface area contributed by atoms with Gasteiger partial charge in [0.15, 0.2) is 5.78 Å². The van der Waals surface area contributed by atoms with Gasteiger partial charge in [0.1, 0.15) is 30.1 Å². The summed E-state index contributed by atoms with van der Waals surface area (Å²) >= 11 is 0. The van der Waals surface area contributed by atoms with E-state index in [2.05, 4.69) is 40.4 Å². The largest absolute Gasteiger partial charge is 0.460 e. The lowest BCUT2D eigenvalue weighted by atomic mass is 9.77. The summed E-state index contributed by atoms with van der Waals surface area (Å²) in [5, 5.41) is 38.9. The van der Waals surface area contributed by atoms with Gasteiger partial charge in [-0.1, -0.05) is 84.9 Å². The van der Waals surface area contributed by atoms with Crippen molar-refractivity contribution in [2.24, 2.45) is 35.5 Å². The third-order valence-electron chi connectivity index (χ3n) is 17.9. The summed E-state index contributed by atoms with van der Waals surface area (Å²) in [6.45, 7) is 26.8. The van der Waals surface area contributed by atoms with Crippen molar-refractivity contribution < 1.29 is 76.8 Å². The second-order valence-corrected chi connectivity index (χ2v) is 25.7. The molecule has 1 saturated carbocycles. The van der Waals surface area contributed by atoms with Gasteiger partial charge in [-0.05, 0) is 162 Å². The Bertz CT molecular complexity index is 2160. The molecule has 3 heterocycles. The number of hydrogen-bond acceptors (Lipinski definition) is 21. The highest BCUT2D eigenvalue weighted by Gasteiger charge is 2.53. The smallest absolute Gasteiger partial charge is 0.329 e. The fourth-order valence-corrected chi connectivity index (χ4v) is 11.9. The molecule has 0 spiro atoms. The summed E-state index contributed by atoms with van der Waals surface area (Å²) in [7, 11) is 17.4. The normalized spacial score (nSPS) is 31.2. The summed E-state index contributed by atoms with van der Waals surface area (Å²) in [4.78, 5) is 72.2. The minimum absolute atomic E-state index is 0.00877. The number of ether oxygens (including phenoxy) is 9. The number of rotatable bonds is 22. The van der Waals surface area contributed by atoms with Crippen LogP contribution >= 0.6 is 0 Å². The van der Waals surface area contributed by atoms with Crippen molar-refractivity contribution in [2.75, 3.05) is 137 Å². The van der Waals surface area contributed by atoms with E-state index in [4.69, 9.17) is 42.6 Å². The van der Waals surface area contributed by atoms with E-state index in [1.54, 1.807) is 62.4 Å². The number of Topliss-reactive ketones (excluding diaryl/α,β-unsaturated/α-hetero) is 3. The Balaban J connectivity index is 0.00000266. The molecule has 0 aromatic carbocycles. The second-order valence-electron chi connectivity index (χ2n) is 25.7. The minimum atomic E-state index is -2.42. The van der Waals surface area contributed by atoms with Crippen molar-refractivity contribution in [2.45, 2.75) is 213 Å². The first-order valence-electron chi connectivity index (χ1n) is 34.7. The lowest BCUT2D eigenvalue weighted by molar-refractivity contribution is -0.265. The molecule has 1 amide bonds. The molecule has 94 heavy (non-hydrogen) atoms. The zero-order valence-corrected chi connectivity index (χ0v) is 61.9. The Morgan fingerprint density at radius 1 is 0.734 bits per heavy atom. The summed E-state index contributed by atoms with van der Waals surface area (Å²) in [6, 6.07) is -0.885. The van der Waals surface area contributed by atoms with Crippen molar-refractivity contribution in [1.29, 1.82) is 0 Å². The third kappa shape index (κ3) is 34.7. The summed E-state index contributed by atoms with van der Waals surface area (Å²) in [6.07, 6.45) is 14.9. The molecule has 7 N–H and O–H groups in total. The molecular weight excluding hydrogens is 1200 g/mol. The van der Waals surface area contributed by atoms with Crippen LogP contribution in [-0.4, -0.2) is 241 Å². The van der Waals surface area contributed by atoms with E-state index in [0.717, 1.165) is 70.8 Å². The van der Waals surface area contributed by atoms with Crippen LogP contribution in [0.2, 0.25) is 0 Å². The van der Waals surface area contributed by atoms with Crippen LogP contribution in [0.3, 0.4) is 0 Å². The molecule has 4 rings (SSSR count). The second kappa shape index (κ2) is 53.3. The lowest BCUT2D eigenvalue weighted by Gasteiger charge is -2.42. The number of piperidine rings is 1. The number of ketones is 3. The summed E-state index contributed by atoms with van der Waals surface area (Å²) < 4.78 is 49.4. The van der Waals surface area contributed by atoms with Gasteiger partial charge in [0, 0.05) is 105 Å². The number of fused-ring (bicyclic) bond motifs is 3. The molecule has 22 heteroatoms. The van der Waals surface area contributed by atoms with Crippen molar-refractivity contribution in [3.05, 3.63) is 47.6 Å². The number of cyclic esters (lactones) is 1. The molecule has 2 bridgehead atoms. The first-order valence-corrected chi connectivity index (χ1v) is 34.7. The van der Waals surface area contributed by atoms with Gasteiger partial charge >= 0.3 is 5.97 Å². The molecule has 548 valence electrons. The molecule has 0 radical (unpaired) electrons. The van der Waals surface area contributed by atoms with E-state index >= 15 is 0 Å². The van der Waals surface area contributed by atoms with E-state index < -0.39 is 77.8 Å². The Kier molecular flexibility index (Phi) is 51.2. The molecule has 2 unspecified atom stereocenters. The molecular formula is C72H134N6O16. The SMILES string of the molecule is CCCNC.CCN[C@@H]1CC[C@@H](C[C@@H](C)C2CC(=O)[C@H](C)/C=C(\C)[C@@H](O)[C@@H](OC)C(=O)[C@H](C)C[C@H](C)/C=C/C=C/C=C(\C)[C@@H](OC)C[C@@H]3CC[C@@H](C)[C@@](O)(O3)C(=O)C(=O)N3CCCC[C@H]3C(=O)O2)C[C@H]1OC.CNCC(C)OC.CNCCOC.CNCCOCCOC. The summed E-state index contributed by atoms with van der Waals surface area (Å²) in [5.74, 6) is -7.59. The maximum atomic E-state index is 14.5. The van der Waals surface area contributed by atoms with Gasteiger partial charge in [-0.3, -0.25) is 19.2 Å². The number of aliphatic hydroxyl groups excluding tert-OH is 1. The molecule has 16 atom stereocenters. The van der Waals surface area contributed by atoms with E-state index in [9.17, 15) is 34.2 Å². The predicted octanol–water partition coefficient (Wildman–Crippen LogP) is 7.38. The zero-order valence-electron chi connectivity index (χ0n) is 61.9. The Morgan fingerprint density at radius 3 is 1.96 bits per heavy atom. The number of carbonyl (C=O) groups is 5. The Hall–Kier alpha value is -3.69. The maximum Gasteiger partial charge on any atom is 0.329 e. The van der Waals surface area contributed by atoms with E-state index in [-0.39, 0.29) is 60.9 Å². The van der Waals surface area contributed by atoms with Gasteiger partial charge in [-0.25, -0.2) is 4.79 Å². The first kappa shape index (κ1) is 90.3. The highest BCUT2D eigenvalue weighted by atomic mass is 16.6. The number of nitrogens with zero attached hydrogens (tertiary/aromatic N) is 1. The average Bonchev–Trinajstić information content (AvgIpc) is 0.776. The van der Waals surface area contributed by atoms with Crippen LogP contribution in [0.5, 0.6) is 0 Å². The molecule has 4 aliphatic rings. The highest BCUT2D eigenvalue weighted by molar-refractivity contribution is 6.39. The maximum absolute atomic E-state index is 14.5. The zero-order chi connectivity index (χ0) is 71.2. The van der Waals surface area contributed by atoms with Crippen molar-refractivity contribution in [1.82, 2.24) is 31.5 Å². The van der Waals surface area contributed by atoms with Crippen molar-refractivity contribution in [3.8, 4) is 0 Å². The number of methoxy groups -OCH3 is 6. The van der Waals surface area contributed by atoms with E-state index in [1.807, 2.05) is 93.2 Å². The topological polar surface area (TPSA) is 272 Å². The number of nitrogens with one attached hydrogen (secondary N) is 5. The van der Waals surface area contributed by atoms with Crippen molar-refractivity contribution in [3.63, 3.8) is 0 Å². The third-order valence-corrected chi connectivity index (χ3v) is 17.9. The molecule has 0 aromatic rings. The molecule has 2 saturated heterocycles. The van der Waals surface area contributed by atoms with E-state index in [1.165, 1.54) is 18.4 Å². The van der Waals surface area contributed by atoms with Gasteiger partial charge in [0.25, 0.3) is 11.7 Å².